The fourth-order valence-corrected chi connectivity index (χ4v) is 2.06. The number of carbonyl (C=O) groups excluding carboxylic acids is 1. The molecule has 2 fully saturated rings. The van der Waals surface area contributed by atoms with Crippen molar-refractivity contribution in [2.24, 2.45) is 11.8 Å². The van der Waals surface area contributed by atoms with Gasteiger partial charge in [0.2, 0.25) is 0 Å². The topological polar surface area (TPSA) is 35.5 Å². The summed E-state index contributed by atoms with van der Waals surface area (Å²) < 4.78 is 10.5. The SMILES string of the molecule is CCC[C@@H]1OC(=O)[C@H]2COC[C@@H]12. The van der Waals surface area contributed by atoms with Gasteiger partial charge < -0.3 is 9.47 Å². The number of hydrogen-bond acceptors (Lipinski definition) is 3. The van der Waals surface area contributed by atoms with Crippen molar-refractivity contribution in [3.05, 3.63) is 0 Å². The number of carbonyl (C=O) groups is 1. The Labute approximate surface area is 72.0 Å². The fraction of sp³-hybridized carbons (Fsp3) is 0.889. The maximum absolute atomic E-state index is 11.2. The Bertz CT molecular complexity index is 190. The van der Waals surface area contributed by atoms with E-state index in [0.29, 0.717) is 19.1 Å². The predicted molar refractivity (Wildman–Crippen MR) is 42.6 cm³/mol. The molecule has 3 nitrogen and oxygen atoms in total. The van der Waals surface area contributed by atoms with Gasteiger partial charge in [-0.15, -0.1) is 0 Å². The van der Waals surface area contributed by atoms with Gasteiger partial charge in [-0.05, 0) is 6.42 Å². The van der Waals surface area contributed by atoms with Crippen LogP contribution in [-0.4, -0.2) is 25.3 Å². The van der Waals surface area contributed by atoms with Crippen LogP contribution in [0.1, 0.15) is 19.8 Å². The van der Waals surface area contributed by atoms with Gasteiger partial charge in [-0.25, -0.2) is 0 Å². The van der Waals surface area contributed by atoms with Gasteiger partial charge >= 0.3 is 5.97 Å². The third-order valence-corrected chi connectivity index (χ3v) is 2.75. The molecule has 2 rings (SSSR count). The van der Waals surface area contributed by atoms with Crippen LogP contribution >= 0.6 is 0 Å². The summed E-state index contributed by atoms with van der Waals surface area (Å²) in [6.45, 7) is 3.39. The molecule has 3 atom stereocenters. The van der Waals surface area contributed by atoms with E-state index >= 15 is 0 Å². The Kier molecular flexibility index (Phi) is 2.05. The Balaban J connectivity index is 2.04. The van der Waals surface area contributed by atoms with Crippen LogP contribution in [0.25, 0.3) is 0 Å². The number of hydrogen-bond donors (Lipinski definition) is 0. The van der Waals surface area contributed by atoms with Gasteiger partial charge in [0.05, 0.1) is 19.1 Å². The molecule has 2 saturated heterocycles. The fourth-order valence-electron chi connectivity index (χ4n) is 2.06. The molecule has 0 aromatic heterocycles. The second-order valence-corrected chi connectivity index (χ2v) is 3.57. The van der Waals surface area contributed by atoms with Crippen LogP contribution in [0.15, 0.2) is 0 Å². The first-order valence-electron chi connectivity index (χ1n) is 4.61. The van der Waals surface area contributed by atoms with E-state index in [1.54, 1.807) is 0 Å². The van der Waals surface area contributed by atoms with Crippen molar-refractivity contribution in [1.82, 2.24) is 0 Å². The highest BCUT2D eigenvalue weighted by Crippen LogP contribution is 2.35. The Morgan fingerprint density at radius 1 is 1.50 bits per heavy atom. The first-order valence-corrected chi connectivity index (χ1v) is 4.61. The van der Waals surface area contributed by atoms with Crippen LogP contribution in [0.3, 0.4) is 0 Å². The van der Waals surface area contributed by atoms with Crippen LogP contribution in [0.2, 0.25) is 0 Å². The third kappa shape index (κ3) is 1.12. The molecule has 0 aromatic rings. The van der Waals surface area contributed by atoms with Crippen molar-refractivity contribution >= 4 is 5.97 Å². The number of esters is 1. The molecule has 2 heterocycles. The Morgan fingerprint density at radius 3 is 3.08 bits per heavy atom. The first kappa shape index (κ1) is 8.05. The number of rotatable bonds is 2. The lowest BCUT2D eigenvalue weighted by Crippen LogP contribution is -2.19. The number of cyclic esters (lactones) is 1. The highest BCUT2D eigenvalue weighted by Gasteiger charge is 2.47. The molecule has 3 heteroatoms. The van der Waals surface area contributed by atoms with Gasteiger partial charge in [-0.2, -0.15) is 0 Å². The van der Waals surface area contributed by atoms with Crippen LogP contribution < -0.4 is 0 Å². The summed E-state index contributed by atoms with van der Waals surface area (Å²) in [5.74, 6) is 0.343. The minimum atomic E-state index is -0.0454. The lowest BCUT2D eigenvalue weighted by Gasteiger charge is -2.12. The largest absolute Gasteiger partial charge is 0.462 e. The first-order chi connectivity index (χ1) is 5.83. The van der Waals surface area contributed by atoms with E-state index in [2.05, 4.69) is 6.92 Å². The molecular weight excluding hydrogens is 156 g/mol. The zero-order valence-corrected chi connectivity index (χ0v) is 7.29. The summed E-state index contributed by atoms with van der Waals surface area (Å²) in [6.07, 6.45) is 2.19. The van der Waals surface area contributed by atoms with Gasteiger partial charge in [0.25, 0.3) is 0 Å². The molecule has 0 aliphatic carbocycles. The Morgan fingerprint density at radius 2 is 2.33 bits per heavy atom. The van der Waals surface area contributed by atoms with Crippen molar-refractivity contribution in [2.75, 3.05) is 13.2 Å². The van der Waals surface area contributed by atoms with E-state index in [0.717, 1.165) is 12.8 Å². The molecule has 0 bridgehead atoms. The van der Waals surface area contributed by atoms with Gasteiger partial charge in [-0.3, -0.25) is 4.79 Å². The van der Waals surface area contributed by atoms with E-state index in [1.165, 1.54) is 0 Å². The molecule has 0 radical (unpaired) electrons. The summed E-state index contributed by atoms with van der Waals surface area (Å²) in [6, 6.07) is 0. The minimum absolute atomic E-state index is 0.0431. The highest BCUT2D eigenvalue weighted by atomic mass is 16.6. The van der Waals surface area contributed by atoms with Gasteiger partial charge in [-0.1, -0.05) is 13.3 Å². The van der Waals surface area contributed by atoms with E-state index < -0.39 is 0 Å². The average molecular weight is 170 g/mol. The third-order valence-electron chi connectivity index (χ3n) is 2.75. The molecule has 2 aliphatic rings. The lowest BCUT2D eigenvalue weighted by atomic mass is 9.92. The van der Waals surface area contributed by atoms with E-state index in [1.807, 2.05) is 0 Å². The maximum Gasteiger partial charge on any atom is 0.312 e. The molecule has 0 aromatic carbocycles. The minimum Gasteiger partial charge on any atom is -0.462 e. The summed E-state index contributed by atoms with van der Waals surface area (Å²) in [4.78, 5) is 11.2. The van der Waals surface area contributed by atoms with Crippen molar-refractivity contribution in [1.29, 1.82) is 0 Å². The lowest BCUT2D eigenvalue weighted by molar-refractivity contribution is -0.146. The monoisotopic (exact) mass is 170 g/mol. The van der Waals surface area contributed by atoms with Gasteiger partial charge in [0, 0.05) is 5.92 Å². The Hall–Kier alpha value is -0.570. The normalized spacial score (nSPS) is 39.8. The van der Waals surface area contributed by atoms with E-state index in [4.69, 9.17) is 9.47 Å². The van der Waals surface area contributed by atoms with E-state index in [9.17, 15) is 4.79 Å². The molecule has 0 N–H and O–H groups in total. The van der Waals surface area contributed by atoms with Crippen LogP contribution in [-0.2, 0) is 14.3 Å². The standard InChI is InChI=1S/C9H14O3/c1-2-3-8-6-4-11-5-7(6)9(10)12-8/h6-8H,2-5H2,1H3/t6-,7+,8+/m1/s1. The van der Waals surface area contributed by atoms with Crippen molar-refractivity contribution < 1.29 is 14.3 Å². The molecule has 2 aliphatic heterocycles. The summed E-state index contributed by atoms with van der Waals surface area (Å²) in [5, 5.41) is 0. The van der Waals surface area contributed by atoms with Gasteiger partial charge in [0.1, 0.15) is 6.10 Å². The summed E-state index contributed by atoms with van der Waals surface area (Å²) in [7, 11) is 0. The zero-order chi connectivity index (χ0) is 8.55. The second-order valence-electron chi connectivity index (χ2n) is 3.57. The highest BCUT2D eigenvalue weighted by molar-refractivity contribution is 5.75. The summed E-state index contributed by atoms with van der Waals surface area (Å²) >= 11 is 0. The van der Waals surface area contributed by atoms with Crippen molar-refractivity contribution in [2.45, 2.75) is 25.9 Å². The molecule has 0 saturated carbocycles. The van der Waals surface area contributed by atoms with Crippen LogP contribution in [0.5, 0.6) is 0 Å². The van der Waals surface area contributed by atoms with Crippen LogP contribution in [0, 0.1) is 11.8 Å². The molecule has 0 spiro atoms. The van der Waals surface area contributed by atoms with Gasteiger partial charge in [0.15, 0.2) is 0 Å². The number of ether oxygens (including phenoxy) is 2. The number of fused-ring (bicyclic) bond motifs is 1. The van der Waals surface area contributed by atoms with Crippen molar-refractivity contribution in [3.63, 3.8) is 0 Å². The average Bonchev–Trinajstić information content (AvgIpc) is 2.58. The smallest absolute Gasteiger partial charge is 0.312 e. The molecule has 12 heavy (non-hydrogen) atoms. The van der Waals surface area contributed by atoms with Crippen LogP contribution in [0.4, 0.5) is 0 Å². The van der Waals surface area contributed by atoms with E-state index in [-0.39, 0.29) is 18.0 Å². The predicted octanol–water partition coefficient (Wildman–Crippen LogP) is 0.974. The molecule has 0 unspecified atom stereocenters. The quantitative estimate of drug-likeness (QED) is 0.579. The zero-order valence-electron chi connectivity index (χ0n) is 7.29. The summed E-state index contributed by atoms with van der Waals surface area (Å²) in [5.41, 5.74) is 0. The maximum atomic E-state index is 11.2. The van der Waals surface area contributed by atoms with Crippen molar-refractivity contribution in [3.8, 4) is 0 Å². The molecule has 0 amide bonds. The second kappa shape index (κ2) is 3.05. The molecule has 68 valence electrons. The molecular formula is C9H14O3.